The largest absolute Gasteiger partial charge is 0.342 e. The van der Waals surface area contributed by atoms with Gasteiger partial charge < -0.3 is 9.88 Å². The third-order valence-corrected chi connectivity index (χ3v) is 5.22. The molecule has 0 fully saturated rings. The zero-order chi connectivity index (χ0) is 20.6. The highest BCUT2D eigenvalue weighted by Gasteiger charge is 2.20. The molecule has 1 heterocycles. The number of amides is 1. The lowest BCUT2D eigenvalue weighted by molar-refractivity contribution is 0.0937. The lowest BCUT2D eigenvalue weighted by Gasteiger charge is -2.15. The maximum atomic E-state index is 12.4. The van der Waals surface area contributed by atoms with E-state index in [0.29, 0.717) is 28.7 Å². The fourth-order valence-corrected chi connectivity index (χ4v) is 3.65. The van der Waals surface area contributed by atoms with Gasteiger partial charge in [-0.25, -0.2) is 0 Å². The van der Waals surface area contributed by atoms with Gasteiger partial charge in [-0.15, -0.1) is 16.8 Å². The zero-order valence-electron chi connectivity index (χ0n) is 16.1. The first-order valence-electron chi connectivity index (χ1n) is 9.21. The van der Waals surface area contributed by atoms with Gasteiger partial charge in [0, 0.05) is 17.7 Å². The van der Waals surface area contributed by atoms with Gasteiger partial charge in [0.2, 0.25) is 0 Å². The molecule has 0 saturated carbocycles. The Labute approximate surface area is 174 Å². The second-order valence-electron chi connectivity index (χ2n) is 6.38. The van der Waals surface area contributed by atoms with Gasteiger partial charge >= 0.3 is 0 Å². The molecule has 0 bridgehead atoms. The monoisotopic (exact) mass is 406 g/mol. The number of thioether (sulfide) groups is 1. The summed E-state index contributed by atoms with van der Waals surface area (Å²) in [6.45, 7) is 6.13. The molecule has 7 heteroatoms. The normalized spacial score (nSPS) is 11.6. The Kier molecular flexibility index (Phi) is 6.97. The predicted octanol–water partition coefficient (Wildman–Crippen LogP) is 3.93. The Bertz CT molecular complexity index is 987. The Morgan fingerprint density at radius 3 is 2.31 bits per heavy atom. The van der Waals surface area contributed by atoms with E-state index in [9.17, 15) is 9.59 Å². The number of hydrogen-bond acceptors (Lipinski definition) is 5. The van der Waals surface area contributed by atoms with Crippen LogP contribution in [0.15, 0.2) is 78.5 Å². The number of carbonyl (C=O) groups excluding carboxylic acids is 2. The molecule has 1 amide bonds. The smallest absolute Gasteiger partial charge is 0.251 e. The second kappa shape index (κ2) is 9.84. The van der Waals surface area contributed by atoms with Crippen LogP contribution in [-0.4, -0.2) is 32.2 Å². The SMILES string of the molecule is C=CCn1c(SCC(=O)c2ccccc2)nnc1C(C)NC(=O)c1ccccc1. The number of Topliss-reactive ketones (excluding diaryl/α,β-unsaturated/α-hetero) is 1. The van der Waals surface area contributed by atoms with Crippen LogP contribution in [0.3, 0.4) is 0 Å². The van der Waals surface area contributed by atoms with Crippen LogP contribution in [0.5, 0.6) is 0 Å². The minimum Gasteiger partial charge on any atom is -0.342 e. The van der Waals surface area contributed by atoms with Crippen molar-refractivity contribution in [3.8, 4) is 0 Å². The third kappa shape index (κ3) is 5.20. The average Bonchev–Trinajstić information content (AvgIpc) is 3.16. The zero-order valence-corrected chi connectivity index (χ0v) is 16.9. The molecule has 0 saturated heterocycles. The molecule has 3 aromatic rings. The number of allylic oxidation sites excluding steroid dienone is 1. The molecule has 3 rings (SSSR count). The Morgan fingerprint density at radius 1 is 1.07 bits per heavy atom. The van der Waals surface area contributed by atoms with Crippen LogP contribution in [-0.2, 0) is 6.54 Å². The summed E-state index contributed by atoms with van der Waals surface area (Å²) in [5.41, 5.74) is 1.25. The van der Waals surface area contributed by atoms with Gasteiger partial charge in [0.1, 0.15) is 0 Å². The van der Waals surface area contributed by atoms with Crippen molar-refractivity contribution in [2.45, 2.75) is 24.7 Å². The van der Waals surface area contributed by atoms with E-state index in [1.807, 2.05) is 47.9 Å². The number of hydrogen-bond donors (Lipinski definition) is 1. The van der Waals surface area contributed by atoms with E-state index in [2.05, 4.69) is 22.1 Å². The van der Waals surface area contributed by atoms with Gasteiger partial charge in [-0.2, -0.15) is 0 Å². The summed E-state index contributed by atoms with van der Waals surface area (Å²) < 4.78 is 1.87. The van der Waals surface area contributed by atoms with Crippen molar-refractivity contribution in [1.29, 1.82) is 0 Å². The predicted molar refractivity (Wildman–Crippen MR) is 114 cm³/mol. The number of aromatic nitrogens is 3. The molecule has 148 valence electrons. The van der Waals surface area contributed by atoms with Crippen molar-refractivity contribution in [2.24, 2.45) is 0 Å². The minimum absolute atomic E-state index is 0.0238. The molecular formula is C22H22N4O2S. The number of benzene rings is 2. The Hall–Kier alpha value is -3.19. The average molecular weight is 407 g/mol. The summed E-state index contributed by atoms with van der Waals surface area (Å²) >= 11 is 1.32. The molecule has 6 nitrogen and oxygen atoms in total. The van der Waals surface area contributed by atoms with Crippen LogP contribution >= 0.6 is 11.8 Å². The van der Waals surface area contributed by atoms with E-state index >= 15 is 0 Å². The number of rotatable bonds is 9. The number of nitrogens with one attached hydrogen (secondary N) is 1. The van der Waals surface area contributed by atoms with Crippen LogP contribution in [0, 0.1) is 0 Å². The first-order valence-corrected chi connectivity index (χ1v) is 10.2. The van der Waals surface area contributed by atoms with Crippen molar-refractivity contribution in [3.63, 3.8) is 0 Å². The van der Waals surface area contributed by atoms with E-state index in [0.717, 1.165) is 0 Å². The number of nitrogens with zero attached hydrogens (tertiary/aromatic N) is 3. The van der Waals surface area contributed by atoms with Crippen molar-refractivity contribution in [1.82, 2.24) is 20.1 Å². The highest BCUT2D eigenvalue weighted by molar-refractivity contribution is 7.99. The van der Waals surface area contributed by atoms with Gasteiger partial charge in [-0.3, -0.25) is 9.59 Å². The second-order valence-corrected chi connectivity index (χ2v) is 7.32. The topological polar surface area (TPSA) is 76.9 Å². The fraction of sp³-hybridized carbons (Fsp3) is 0.182. The van der Waals surface area contributed by atoms with Crippen molar-refractivity contribution >= 4 is 23.5 Å². The fourth-order valence-electron chi connectivity index (χ4n) is 2.80. The van der Waals surface area contributed by atoms with E-state index in [4.69, 9.17) is 0 Å². The summed E-state index contributed by atoms with van der Waals surface area (Å²) in [5.74, 6) is 0.712. The number of carbonyl (C=O) groups is 2. The summed E-state index contributed by atoms with van der Waals surface area (Å²) in [7, 11) is 0. The lowest BCUT2D eigenvalue weighted by Crippen LogP contribution is -2.28. The molecule has 1 aromatic heterocycles. The van der Waals surface area contributed by atoms with Crippen molar-refractivity contribution in [2.75, 3.05) is 5.75 Å². The first kappa shape index (κ1) is 20.5. The van der Waals surface area contributed by atoms with Gasteiger partial charge in [0.25, 0.3) is 5.91 Å². The Morgan fingerprint density at radius 2 is 1.69 bits per heavy atom. The van der Waals surface area contributed by atoms with E-state index < -0.39 is 0 Å². The lowest BCUT2D eigenvalue weighted by atomic mass is 10.2. The minimum atomic E-state index is -0.352. The molecule has 1 N–H and O–H groups in total. The van der Waals surface area contributed by atoms with Crippen LogP contribution in [0.25, 0.3) is 0 Å². The molecule has 0 spiro atoms. The highest BCUT2D eigenvalue weighted by atomic mass is 32.2. The Balaban J connectivity index is 1.71. The number of ketones is 1. The maximum absolute atomic E-state index is 12.4. The highest BCUT2D eigenvalue weighted by Crippen LogP contribution is 2.22. The van der Waals surface area contributed by atoms with E-state index in [1.54, 1.807) is 30.3 Å². The van der Waals surface area contributed by atoms with Crippen LogP contribution < -0.4 is 5.32 Å². The summed E-state index contributed by atoms with van der Waals surface area (Å²) in [4.78, 5) is 24.8. The van der Waals surface area contributed by atoms with Gasteiger partial charge in [-0.1, -0.05) is 66.4 Å². The van der Waals surface area contributed by atoms with E-state index in [-0.39, 0.29) is 23.5 Å². The molecule has 1 unspecified atom stereocenters. The molecule has 0 aliphatic rings. The third-order valence-electron chi connectivity index (χ3n) is 4.26. The quantitative estimate of drug-likeness (QED) is 0.331. The molecule has 0 aliphatic carbocycles. The molecular weight excluding hydrogens is 384 g/mol. The standard InChI is InChI=1S/C22H22N4O2S/c1-3-14-26-20(16(2)23-21(28)18-12-8-5-9-13-18)24-25-22(26)29-15-19(27)17-10-6-4-7-11-17/h3-13,16H,1,14-15H2,2H3,(H,23,28). The molecule has 2 aromatic carbocycles. The van der Waals surface area contributed by atoms with Crippen molar-refractivity contribution in [3.05, 3.63) is 90.3 Å². The van der Waals surface area contributed by atoms with Gasteiger partial charge in [0.15, 0.2) is 16.8 Å². The van der Waals surface area contributed by atoms with Gasteiger partial charge in [0.05, 0.1) is 11.8 Å². The first-order chi connectivity index (χ1) is 14.1. The van der Waals surface area contributed by atoms with Crippen molar-refractivity contribution < 1.29 is 9.59 Å². The maximum Gasteiger partial charge on any atom is 0.251 e. The summed E-state index contributed by atoms with van der Waals surface area (Å²) in [6.07, 6.45) is 1.74. The summed E-state index contributed by atoms with van der Waals surface area (Å²) in [6, 6.07) is 17.8. The van der Waals surface area contributed by atoms with Crippen LogP contribution in [0.2, 0.25) is 0 Å². The van der Waals surface area contributed by atoms with E-state index in [1.165, 1.54) is 11.8 Å². The molecule has 1 atom stereocenters. The molecule has 29 heavy (non-hydrogen) atoms. The van der Waals surface area contributed by atoms with Gasteiger partial charge in [-0.05, 0) is 19.1 Å². The molecule has 0 aliphatic heterocycles. The summed E-state index contributed by atoms with van der Waals surface area (Å²) in [5, 5.41) is 12.0. The van der Waals surface area contributed by atoms with Crippen LogP contribution in [0.1, 0.15) is 39.5 Å². The molecule has 0 radical (unpaired) electrons. The van der Waals surface area contributed by atoms with Crippen LogP contribution in [0.4, 0.5) is 0 Å².